The van der Waals surface area contributed by atoms with Crippen molar-refractivity contribution >= 4 is 72.8 Å². The van der Waals surface area contributed by atoms with Crippen molar-refractivity contribution in [3.05, 3.63) is 174 Å². The summed E-state index contributed by atoms with van der Waals surface area (Å²) in [6.07, 6.45) is 0. The van der Waals surface area contributed by atoms with Gasteiger partial charge in [-0.15, -0.1) is 0 Å². The van der Waals surface area contributed by atoms with Crippen LogP contribution in [0.25, 0.3) is 65.9 Å². The first-order chi connectivity index (χ1) is 28.3. The Morgan fingerprint density at radius 2 is 1.15 bits per heavy atom. The predicted octanol–water partition coefficient (Wildman–Crippen LogP) is 13.6. The first kappa shape index (κ1) is 34.8. The average Bonchev–Trinajstić information content (AvgIpc) is 3.83. The molecule has 59 heavy (non-hydrogen) atoms. The second-order valence-electron chi connectivity index (χ2n) is 19.8. The number of allylic oxidation sites excluding steroid dienone is 1. The molecule has 0 atom stereocenters. The van der Waals surface area contributed by atoms with Crippen LogP contribution < -0.4 is 10.4 Å². The third-order valence-corrected chi connectivity index (χ3v) is 13.9. The molecule has 2 aromatic heterocycles. The lowest BCUT2D eigenvalue weighted by atomic mass is 9.43. The molecule has 0 fully saturated rings. The zero-order chi connectivity index (χ0) is 40.3. The molecule has 0 spiro atoms. The number of benzene rings is 7. The lowest BCUT2D eigenvalue weighted by Crippen LogP contribution is -2.50. The van der Waals surface area contributed by atoms with Crippen molar-refractivity contribution < 1.29 is 0 Å². The Kier molecular flexibility index (Phi) is 6.76. The minimum Gasteiger partial charge on any atom is -0.375 e. The van der Waals surface area contributed by atoms with Gasteiger partial charge in [-0.3, -0.25) is 0 Å². The Labute approximate surface area is 347 Å². The lowest BCUT2D eigenvalue weighted by molar-refractivity contribution is 0.589. The van der Waals surface area contributed by atoms with E-state index in [1.807, 2.05) is 0 Å². The average molecular weight is 762 g/mol. The summed E-state index contributed by atoms with van der Waals surface area (Å²) in [5.41, 5.74) is 20.8. The van der Waals surface area contributed by atoms with Crippen LogP contribution in [0.3, 0.4) is 0 Å². The molecule has 12 rings (SSSR count). The van der Waals surface area contributed by atoms with Crippen molar-refractivity contribution in [2.45, 2.75) is 71.6 Å². The largest absolute Gasteiger partial charge is 0.375 e. The van der Waals surface area contributed by atoms with Gasteiger partial charge in [0.15, 0.2) is 0 Å². The van der Waals surface area contributed by atoms with Crippen LogP contribution in [0.2, 0.25) is 0 Å². The highest BCUT2D eigenvalue weighted by Crippen LogP contribution is 2.58. The smallest absolute Gasteiger partial charge is 0.333 e. The zero-order valence-corrected chi connectivity index (χ0v) is 35.3. The molecule has 2 aliphatic heterocycles. The topological polar surface area (TPSA) is 13.1 Å². The summed E-state index contributed by atoms with van der Waals surface area (Å²) in [4.78, 5) is 2.67. The van der Waals surface area contributed by atoms with Crippen LogP contribution in [0.15, 0.2) is 151 Å². The molecule has 3 aliphatic rings. The molecule has 286 valence electrons. The Morgan fingerprint density at radius 3 is 1.88 bits per heavy atom. The van der Waals surface area contributed by atoms with Gasteiger partial charge in [0.25, 0.3) is 0 Å². The fourth-order valence-corrected chi connectivity index (χ4v) is 11.2. The van der Waals surface area contributed by atoms with Gasteiger partial charge in [0.1, 0.15) is 0 Å². The van der Waals surface area contributed by atoms with Crippen molar-refractivity contribution in [1.29, 1.82) is 0 Å². The van der Waals surface area contributed by atoms with E-state index in [0.717, 1.165) is 0 Å². The van der Waals surface area contributed by atoms with Crippen molar-refractivity contribution in [1.82, 2.24) is 9.05 Å². The van der Waals surface area contributed by atoms with E-state index in [2.05, 4.69) is 215 Å². The van der Waals surface area contributed by atoms with E-state index in [4.69, 9.17) is 0 Å². The van der Waals surface area contributed by atoms with E-state index in [1.165, 1.54) is 111 Å². The predicted molar refractivity (Wildman–Crippen MR) is 252 cm³/mol. The summed E-state index contributed by atoms with van der Waals surface area (Å²) in [6.45, 7) is 18.9. The second-order valence-corrected chi connectivity index (χ2v) is 19.8. The molecule has 0 unspecified atom stereocenters. The van der Waals surface area contributed by atoms with Gasteiger partial charge in [-0.1, -0.05) is 152 Å². The van der Waals surface area contributed by atoms with Crippen LogP contribution in [0.5, 0.6) is 0 Å². The van der Waals surface area contributed by atoms with Crippen molar-refractivity contribution in [3.8, 4) is 16.8 Å². The van der Waals surface area contributed by atoms with Crippen LogP contribution >= 0.6 is 0 Å². The maximum absolute atomic E-state index is 2.75. The second kappa shape index (κ2) is 11.5. The van der Waals surface area contributed by atoms with E-state index in [0.29, 0.717) is 0 Å². The number of hydrogen-bond donors (Lipinski definition) is 0. The summed E-state index contributed by atoms with van der Waals surface area (Å²) in [7, 11) is 0. The Hall–Kier alpha value is -6.26. The molecule has 4 heterocycles. The van der Waals surface area contributed by atoms with Gasteiger partial charge in [-0.25, -0.2) is 0 Å². The maximum atomic E-state index is 2.75. The Bertz CT molecular complexity index is 3310. The van der Waals surface area contributed by atoms with Gasteiger partial charge in [-0.2, -0.15) is 0 Å². The van der Waals surface area contributed by atoms with Gasteiger partial charge >= 0.3 is 6.85 Å². The minimum atomic E-state index is -0.254. The highest BCUT2D eigenvalue weighted by molar-refractivity contribution is 6.93. The number of fused-ring (bicyclic) bond motifs is 12. The van der Waals surface area contributed by atoms with Crippen LogP contribution in [-0.4, -0.2) is 15.9 Å². The third-order valence-electron chi connectivity index (χ3n) is 13.9. The summed E-state index contributed by atoms with van der Waals surface area (Å²) < 4.78 is 5.28. The van der Waals surface area contributed by atoms with E-state index in [1.54, 1.807) is 0 Å². The SMILES string of the molecule is CC(C)(C)c1ccc(N2C3=C(B4c5c(cc(C(C)(C)C)cc52)-c2cc5c6ccccc6n(-c6ccccc6)c5c5c6ccccc6n4c25)c2ccccc2C3(C)C)cc1. The van der Waals surface area contributed by atoms with Gasteiger partial charge < -0.3 is 13.9 Å². The number of anilines is 2. The number of para-hydroxylation sites is 3. The molecule has 7 aromatic carbocycles. The third kappa shape index (κ3) is 4.50. The highest BCUT2D eigenvalue weighted by atomic mass is 15.2. The monoisotopic (exact) mass is 761 g/mol. The first-order valence-corrected chi connectivity index (χ1v) is 21.3. The van der Waals surface area contributed by atoms with E-state index in [-0.39, 0.29) is 23.1 Å². The standard InChI is InChI=1S/C55H48BN3/c1-53(2,3)33-26-28-36(29-27-33)58-46-31-34(54(4,5)6)30-40-42-32-41-37-20-13-16-24-44(37)57(35-18-10-9-11-19-35)50(41)47-39-22-14-17-25-45(39)59(51(42)47)56(48(40)46)49-38-21-12-15-23-43(38)55(7,8)52(49)58/h9-32H,1-8H3. The molecule has 0 bridgehead atoms. The summed E-state index contributed by atoms with van der Waals surface area (Å²) in [6, 6.07) is 55.5. The van der Waals surface area contributed by atoms with Gasteiger partial charge in [0.05, 0.1) is 11.0 Å². The molecule has 0 N–H and O–H groups in total. The van der Waals surface area contributed by atoms with Gasteiger partial charge in [-0.05, 0) is 98.1 Å². The van der Waals surface area contributed by atoms with Crippen LogP contribution in [0.4, 0.5) is 11.4 Å². The zero-order valence-electron chi connectivity index (χ0n) is 35.3. The maximum Gasteiger partial charge on any atom is 0.333 e. The van der Waals surface area contributed by atoms with E-state index in [9.17, 15) is 0 Å². The normalized spacial score (nSPS) is 15.5. The molecule has 9 aromatic rings. The van der Waals surface area contributed by atoms with Crippen LogP contribution in [-0.2, 0) is 16.2 Å². The molecule has 0 radical (unpaired) electrons. The lowest BCUT2D eigenvalue weighted by Gasteiger charge is -2.44. The number of nitrogens with zero attached hydrogens (tertiary/aromatic N) is 3. The van der Waals surface area contributed by atoms with Crippen LogP contribution in [0, 0.1) is 0 Å². The molecule has 0 amide bonds. The Morgan fingerprint density at radius 1 is 0.508 bits per heavy atom. The quantitative estimate of drug-likeness (QED) is 0.160. The van der Waals surface area contributed by atoms with Crippen molar-refractivity contribution in [2.24, 2.45) is 0 Å². The number of aromatic nitrogens is 2. The molecule has 0 saturated heterocycles. The summed E-state index contributed by atoms with van der Waals surface area (Å²) in [5.74, 6) is 0. The molecular formula is C55H48BN3. The van der Waals surface area contributed by atoms with Gasteiger partial charge in [0.2, 0.25) is 0 Å². The first-order valence-electron chi connectivity index (χ1n) is 21.3. The molecular weight excluding hydrogens is 713 g/mol. The van der Waals surface area contributed by atoms with E-state index < -0.39 is 0 Å². The molecule has 4 heteroatoms. The fourth-order valence-electron chi connectivity index (χ4n) is 11.2. The number of hydrogen-bond acceptors (Lipinski definition) is 1. The summed E-state index contributed by atoms with van der Waals surface area (Å²) in [5, 5.41) is 5.20. The van der Waals surface area contributed by atoms with Crippen LogP contribution in [0.1, 0.15) is 77.6 Å². The van der Waals surface area contributed by atoms with Gasteiger partial charge in [0, 0.05) is 66.3 Å². The molecule has 3 nitrogen and oxygen atoms in total. The number of rotatable bonds is 2. The van der Waals surface area contributed by atoms with Crippen molar-refractivity contribution in [2.75, 3.05) is 4.90 Å². The molecule has 1 aliphatic carbocycles. The summed E-state index contributed by atoms with van der Waals surface area (Å²) >= 11 is 0. The van der Waals surface area contributed by atoms with Crippen molar-refractivity contribution in [3.63, 3.8) is 0 Å². The highest BCUT2D eigenvalue weighted by Gasteiger charge is 2.52. The minimum absolute atomic E-state index is 0.0288. The van der Waals surface area contributed by atoms with E-state index >= 15 is 0 Å². The Balaban J connectivity index is 1.31. The fraction of sp³-hybridized carbons (Fsp3) is 0.200. The molecule has 0 saturated carbocycles.